The van der Waals surface area contributed by atoms with Gasteiger partial charge in [0, 0.05) is 19.6 Å². The lowest BCUT2D eigenvalue weighted by atomic mass is 10.2. The molecular formula is C15H25ClN4O3. The third kappa shape index (κ3) is 6.90. The summed E-state index contributed by atoms with van der Waals surface area (Å²) in [5, 5.41) is 9.77. The van der Waals surface area contributed by atoms with Crippen molar-refractivity contribution >= 4 is 23.4 Å². The van der Waals surface area contributed by atoms with E-state index >= 15 is 0 Å². The Labute approximate surface area is 141 Å². The van der Waals surface area contributed by atoms with Gasteiger partial charge in [0.05, 0.1) is 11.9 Å². The molecule has 8 heteroatoms. The lowest BCUT2D eigenvalue weighted by molar-refractivity contribution is 0.0530. The van der Waals surface area contributed by atoms with Crippen molar-refractivity contribution in [3.8, 4) is 0 Å². The molecule has 130 valence electrons. The predicted molar refractivity (Wildman–Crippen MR) is 91.1 cm³/mol. The van der Waals surface area contributed by atoms with E-state index in [4.69, 9.17) is 16.3 Å². The molecule has 0 spiro atoms. The molecule has 1 aromatic rings. The normalized spacial score (nSPS) is 11.4. The Morgan fingerprint density at radius 1 is 1.39 bits per heavy atom. The smallest absolute Gasteiger partial charge is 0.407 e. The van der Waals surface area contributed by atoms with E-state index in [0.717, 1.165) is 0 Å². The van der Waals surface area contributed by atoms with Gasteiger partial charge in [-0.3, -0.25) is 4.79 Å². The van der Waals surface area contributed by atoms with Crippen LogP contribution in [0.25, 0.3) is 0 Å². The van der Waals surface area contributed by atoms with E-state index in [-0.39, 0.29) is 10.6 Å². The highest BCUT2D eigenvalue weighted by Gasteiger charge is 2.15. The zero-order valence-electron chi connectivity index (χ0n) is 14.3. The maximum absolute atomic E-state index is 12.1. The van der Waals surface area contributed by atoms with Gasteiger partial charge in [-0.25, -0.2) is 9.48 Å². The van der Waals surface area contributed by atoms with E-state index in [1.54, 1.807) is 20.8 Å². The van der Waals surface area contributed by atoms with Gasteiger partial charge in [-0.1, -0.05) is 25.4 Å². The number of anilines is 1. The highest BCUT2D eigenvalue weighted by Crippen LogP contribution is 2.15. The number of nitrogens with one attached hydrogen (secondary N) is 2. The first kappa shape index (κ1) is 19.3. The van der Waals surface area contributed by atoms with Crippen LogP contribution < -0.4 is 16.2 Å². The number of halogens is 1. The average Bonchev–Trinajstić information content (AvgIpc) is 2.39. The van der Waals surface area contributed by atoms with Gasteiger partial charge in [0.25, 0.3) is 5.56 Å². The molecule has 0 unspecified atom stereocenters. The number of hydrogen-bond acceptors (Lipinski definition) is 5. The summed E-state index contributed by atoms with van der Waals surface area (Å²) in [4.78, 5) is 23.5. The number of aromatic nitrogens is 2. The van der Waals surface area contributed by atoms with Crippen LogP contribution in [0.1, 0.15) is 34.6 Å². The predicted octanol–water partition coefficient (Wildman–Crippen LogP) is 2.49. The number of amides is 1. The molecular weight excluding hydrogens is 320 g/mol. The molecule has 1 rings (SSSR count). The quantitative estimate of drug-likeness (QED) is 0.774. The number of nitrogens with zero attached hydrogens (tertiary/aromatic N) is 2. The van der Waals surface area contributed by atoms with E-state index in [0.29, 0.717) is 31.2 Å². The summed E-state index contributed by atoms with van der Waals surface area (Å²) in [5.41, 5.74) is -0.417. The monoisotopic (exact) mass is 344 g/mol. The van der Waals surface area contributed by atoms with Crippen LogP contribution in [-0.2, 0) is 11.3 Å². The van der Waals surface area contributed by atoms with Gasteiger partial charge < -0.3 is 15.4 Å². The minimum absolute atomic E-state index is 0.0953. The molecule has 0 saturated carbocycles. The summed E-state index contributed by atoms with van der Waals surface area (Å²) in [7, 11) is 0. The van der Waals surface area contributed by atoms with E-state index < -0.39 is 11.7 Å². The Balaban J connectivity index is 2.51. The van der Waals surface area contributed by atoms with Crippen molar-refractivity contribution in [1.82, 2.24) is 15.1 Å². The Morgan fingerprint density at radius 3 is 2.61 bits per heavy atom. The second-order valence-electron chi connectivity index (χ2n) is 6.61. The number of alkyl carbamates (subject to hydrolysis) is 1. The van der Waals surface area contributed by atoms with Crippen LogP contribution in [0.2, 0.25) is 5.02 Å². The fourth-order valence-electron chi connectivity index (χ4n) is 1.74. The molecule has 0 fully saturated rings. The third-order valence-corrected chi connectivity index (χ3v) is 3.00. The minimum atomic E-state index is -0.536. The van der Waals surface area contributed by atoms with Crippen molar-refractivity contribution in [3.05, 3.63) is 21.6 Å². The summed E-state index contributed by atoms with van der Waals surface area (Å²) >= 11 is 6.06. The van der Waals surface area contributed by atoms with Gasteiger partial charge in [-0.15, -0.1) is 0 Å². The topological polar surface area (TPSA) is 85.2 Å². The SMILES string of the molecule is CC(C)Cn1ncc(NCCNC(=O)OC(C)(C)C)c(Cl)c1=O. The summed E-state index contributed by atoms with van der Waals surface area (Å²) in [5.74, 6) is 0.299. The van der Waals surface area contributed by atoms with Gasteiger partial charge in [-0.05, 0) is 26.7 Å². The van der Waals surface area contributed by atoms with E-state index in [2.05, 4.69) is 15.7 Å². The molecule has 0 saturated heterocycles. The van der Waals surface area contributed by atoms with Crippen molar-refractivity contribution in [3.63, 3.8) is 0 Å². The third-order valence-electron chi connectivity index (χ3n) is 2.63. The Hall–Kier alpha value is -1.76. The Morgan fingerprint density at radius 2 is 2.04 bits per heavy atom. The summed E-state index contributed by atoms with van der Waals surface area (Å²) in [6.45, 7) is 10.6. The minimum Gasteiger partial charge on any atom is -0.444 e. The molecule has 0 radical (unpaired) electrons. The van der Waals surface area contributed by atoms with Crippen molar-refractivity contribution in [2.24, 2.45) is 5.92 Å². The molecule has 0 bridgehead atoms. The molecule has 1 heterocycles. The number of ether oxygens (including phenoxy) is 1. The Kier molecular flexibility index (Phi) is 6.87. The number of rotatable bonds is 6. The zero-order valence-corrected chi connectivity index (χ0v) is 15.0. The average molecular weight is 345 g/mol. The standard InChI is InChI=1S/C15H25ClN4O3/c1-10(2)9-20-13(21)12(16)11(8-19-20)17-6-7-18-14(22)23-15(3,4)5/h8,10,17H,6-7,9H2,1-5H3,(H,18,22). The largest absolute Gasteiger partial charge is 0.444 e. The second-order valence-corrected chi connectivity index (χ2v) is 6.99. The first-order valence-electron chi connectivity index (χ1n) is 7.56. The number of carbonyl (C=O) groups is 1. The van der Waals surface area contributed by atoms with Gasteiger partial charge in [-0.2, -0.15) is 5.10 Å². The van der Waals surface area contributed by atoms with Crippen molar-refractivity contribution in [2.45, 2.75) is 46.8 Å². The highest BCUT2D eigenvalue weighted by atomic mass is 35.5. The number of carbonyl (C=O) groups excluding carboxylic acids is 1. The van der Waals surface area contributed by atoms with Crippen molar-refractivity contribution in [2.75, 3.05) is 18.4 Å². The summed E-state index contributed by atoms with van der Waals surface area (Å²) < 4.78 is 6.46. The fourth-order valence-corrected chi connectivity index (χ4v) is 1.95. The van der Waals surface area contributed by atoms with Crippen LogP contribution in [-0.4, -0.2) is 34.6 Å². The summed E-state index contributed by atoms with van der Waals surface area (Å²) in [6.07, 6.45) is 1.02. The van der Waals surface area contributed by atoms with Crippen LogP contribution in [0, 0.1) is 5.92 Å². The van der Waals surface area contributed by atoms with Crippen LogP contribution in [0.3, 0.4) is 0 Å². The van der Waals surface area contributed by atoms with Crippen molar-refractivity contribution in [1.29, 1.82) is 0 Å². The van der Waals surface area contributed by atoms with Crippen LogP contribution in [0.15, 0.2) is 11.0 Å². The highest BCUT2D eigenvalue weighted by molar-refractivity contribution is 6.32. The second kappa shape index (κ2) is 8.19. The van der Waals surface area contributed by atoms with Crippen LogP contribution in [0.4, 0.5) is 10.5 Å². The van der Waals surface area contributed by atoms with E-state index in [9.17, 15) is 9.59 Å². The zero-order chi connectivity index (χ0) is 17.6. The molecule has 1 aromatic heterocycles. The lowest BCUT2D eigenvalue weighted by Crippen LogP contribution is -2.35. The fraction of sp³-hybridized carbons (Fsp3) is 0.667. The molecule has 2 N–H and O–H groups in total. The molecule has 0 aliphatic heterocycles. The Bertz CT molecular complexity index is 593. The molecule has 1 amide bonds. The first-order chi connectivity index (χ1) is 10.6. The number of hydrogen-bond donors (Lipinski definition) is 2. The van der Waals surface area contributed by atoms with E-state index in [1.165, 1.54) is 10.9 Å². The van der Waals surface area contributed by atoms with Gasteiger partial charge in [0.15, 0.2) is 0 Å². The molecule has 0 aliphatic rings. The van der Waals surface area contributed by atoms with Crippen LogP contribution in [0.5, 0.6) is 0 Å². The maximum Gasteiger partial charge on any atom is 0.407 e. The lowest BCUT2D eigenvalue weighted by Gasteiger charge is -2.19. The van der Waals surface area contributed by atoms with Gasteiger partial charge in [0.2, 0.25) is 0 Å². The molecule has 23 heavy (non-hydrogen) atoms. The molecule has 0 aliphatic carbocycles. The van der Waals surface area contributed by atoms with Gasteiger partial charge >= 0.3 is 6.09 Å². The van der Waals surface area contributed by atoms with Gasteiger partial charge in [0.1, 0.15) is 10.6 Å². The molecule has 0 aromatic carbocycles. The molecule has 0 atom stereocenters. The molecule has 7 nitrogen and oxygen atoms in total. The summed E-state index contributed by atoms with van der Waals surface area (Å²) in [6, 6.07) is 0. The van der Waals surface area contributed by atoms with Crippen LogP contribution >= 0.6 is 11.6 Å². The van der Waals surface area contributed by atoms with Crippen molar-refractivity contribution < 1.29 is 9.53 Å². The van der Waals surface area contributed by atoms with E-state index in [1.807, 2.05) is 13.8 Å². The maximum atomic E-state index is 12.1. The first-order valence-corrected chi connectivity index (χ1v) is 7.94.